The van der Waals surface area contributed by atoms with Gasteiger partial charge in [0.25, 0.3) is 5.91 Å². The number of carbonyl (C=O) groups is 2. The van der Waals surface area contributed by atoms with Gasteiger partial charge in [0, 0.05) is 4.75 Å². The molecule has 118 valence electrons. The van der Waals surface area contributed by atoms with Crippen molar-refractivity contribution in [1.82, 2.24) is 5.32 Å². The van der Waals surface area contributed by atoms with Crippen LogP contribution < -0.4 is 5.32 Å². The van der Waals surface area contributed by atoms with Gasteiger partial charge in [-0.2, -0.15) is 0 Å². The number of carbonyl (C=O) groups excluding carboxylic acids is 2. The molecule has 0 radical (unpaired) electrons. The van der Waals surface area contributed by atoms with Crippen molar-refractivity contribution in [2.45, 2.75) is 43.3 Å². The van der Waals surface area contributed by atoms with Gasteiger partial charge in [-0.15, -0.1) is 23.1 Å². The van der Waals surface area contributed by atoms with Gasteiger partial charge in [-0.1, -0.05) is 6.07 Å². The van der Waals surface area contributed by atoms with Crippen molar-refractivity contribution in [2.75, 3.05) is 5.75 Å². The first kappa shape index (κ1) is 14.8. The van der Waals surface area contributed by atoms with Crippen LogP contribution in [0.2, 0.25) is 0 Å². The Bertz CT molecular complexity index is 546. The van der Waals surface area contributed by atoms with E-state index in [9.17, 15) is 9.59 Å². The van der Waals surface area contributed by atoms with Gasteiger partial charge in [-0.3, -0.25) is 14.9 Å². The van der Waals surface area contributed by atoms with Crippen LogP contribution in [0.5, 0.6) is 0 Å². The van der Waals surface area contributed by atoms with E-state index in [4.69, 9.17) is 0 Å². The minimum Gasteiger partial charge on any atom is -0.291 e. The maximum Gasteiger partial charge on any atom is 0.267 e. The van der Waals surface area contributed by atoms with Crippen molar-refractivity contribution in [1.29, 1.82) is 0 Å². The van der Waals surface area contributed by atoms with E-state index >= 15 is 0 Å². The number of nitrogens with one attached hydrogen (secondary N) is 1. The third-order valence-electron chi connectivity index (χ3n) is 5.49. The second-order valence-corrected chi connectivity index (χ2v) is 9.63. The highest BCUT2D eigenvalue weighted by molar-refractivity contribution is 8.01. The highest BCUT2D eigenvalue weighted by Gasteiger charge is 2.51. The Morgan fingerprint density at radius 2 is 1.82 bits per heavy atom. The van der Waals surface area contributed by atoms with E-state index in [0.29, 0.717) is 15.4 Å². The molecule has 0 aliphatic heterocycles. The lowest BCUT2D eigenvalue weighted by molar-refractivity contribution is -0.117. The molecule has 1 aromatic rings. The topological polar surface area (TPSA) is 46.2 Å². The molecule has 5 rings (SSSR count). The molecule has 3 nitrogen and oxygen atoms in total. The summed E-state index contributed by atoms with van der Waals surface area (Å²) in [5, 5.41) is 4.38. The summed E-state index contributed by atoms with van der Waals surface area (Å²) in [4.78, 5) is 24.6. The fourth-order valence-corrected chi connectivity index (χ4v) is 7.25. The number of rotatable bonds is 4. The van der Waals surface area contributed by atoms with E-state index < -0.39 is 0 Å². The molecule has 4 saturated carbocycles. The molecule has 1 N–H and O–H groups in total. The average molecular weight is 335 g/mol. The monoisotopic (exact) mass is 335 g/mol. The summed E-state index contributed by atoms with van der Waals surface area (Å²) in [5.41, 5.74) is 0. The molecule has 0 saturated heterocycles. The standard InChI is InChI=1S/C17H21NO2S2/c19-15(18-16(20)14-2-1-3-21-14)10-22-17-7-11-4-12(8-17)6-13(5-11)9-17/h1-3,11-13H,4-10H2,(H,18,19,20). The molecule has 4 bridgehead atoms. The summed E-state index contributed by atoms with van der Waals surface area (Å²) in [7, 11) is 0. The van der Waals surface area contributed by atoms with E-state index in [2.05, 4.69) is 5.32 Å². The summed E-state index contributed by atoms with van der Waals surface area (Å²) >= 11 is 3.19. The van der Waals surface area contributed by atoms with Gasteiger partial charge >= 0.3 is 0 Å². The predicted octanol–water partition coefficient (Wildman–Crippen LogP) is 3.71. The summed E-state index contributed by atoms with van der Waals surface area (Å²) < 4.78 is 0.331. The molecule has 5 heteroatoms. The zero-order valence-electron chi connectivity index (χ0n) is 12.5. The fourth-order valence-electron chi connectivity index (χ4n) is 5.06. The third-order valence-corrected chi connectivity index (χ3v) is 7.88. The number of thioether (sulfide) groups is 1. The van der Waals surface area contributed by atoms with Crippen LogP contribution in [-0.2, 0) is 4.79 Å². The van der Waals surface area contributed by atoms with Crippen LogP contribution in [0.25, 0.3) is 0 Å². The molecular weight excluding hydrogens is 314 g/mol. The molecule has 22 heavy (non-hydrogen) atoms. The molecule has 2 amide bonds. The van der Waals surface area contributed by atoms with Gasteiger partial charge < -0.3 is 0 Å². The van der Waals surface area contributed by atoms with Gasteiger partial charge in [0.2, 0.25) is 5.91 Å². The molecule has 4 aliphatic carbocycles. The second-order valence-electron chi connectivity index (χ2n) is 7.24. The number of hydrogen-bond acceptors (Lipinski definition) is 4. The van der Waals surface area contributed by atoms with Crippen LogP contribution in [0.1, 0.15) is 48.2 Å². The number of imide groups is 1. The van der Waals surface area contributed by atoms with Gasteiger partial charge in [-0.25, -0.2) is 0 Å². The smallest absolute Gasteiger partial charge is 0.267 e. The molecule has 0 aromatic carbocycles. The van der Waals surface area contributed by atoms with Crippen LogP contribution in [0.15, 0.2) is 17.5 Å². The van der Waals surface area contributed by atoms with Crippen molar-refractivity contribution in [2.24, 2.45) is 17.8 Å². The Hall–Kier alpha value is -0.810. The number of thiophene rings is 1. The zero-order valence-corrected chi connectivity index (χ0v) is 14.2. The molecule has 1 heterocycles. The quantitative estimate of drug-likeness (QED) is 0.912. The summed E-state index contributed by atoms with van der Waals surface area (Å²) in [6.45, 7) is 0. The first-order valence-corrected chi connectivity index (χ1v) is 10.00. The van der Waals surface area contributed by atoms with Crippen LogP contribution >= 0.6 is 23.1 Å². The maximum absolute atomic E-state index is 12.1. The lowest BCUT2D eigenvalue weighted by atomic mass is 9.56. The highest BCUT2D eigenvalue weighted by atomic mass is 32.2. The summed E-state index contributed by atoms with van der Waals surface area (Å²) in [5.74, 6) is 2.72. The molecule has 4 aliphatic rings. The Morgan fingerprint density at radius 1 is 1.18 bits per heavy atom. The highest BCUT2D eigenvalue weighted by Crippen LogP contribution is 2.60. The molecule has 1 aromatic heterocycles. The maximum atomic E-state index is 12.1. The molecule has 0 atom stereocenters. The first-order valence-electron chi connectivity index (χ1n) is 8.13. The van der Waals surface area contributed by atoms with Crippen molar-refractivity contribution in [3.05, 3.63) is 22.4 Å². The lowest BCUT2D eigenvalue weighted by Gasteiger charge is -2.56. The van der Waals surface area contributed by atoms with Crippen LogP contribution in [0.4, 0.5) is 0 Å². The average Bonchev–Trinajstić information content (AvgIpc) is 2.98. The fraction of sp³-hybridized carbons (Fsp3) is 0.647. The number of amides is 2. The van der Waals surface area contributed by atoms with E-state index in [1.165, 1.54) is 49.9 Å². The molecule has 4 fully saturated rings. The first-order chi connectivity index (χ1) is 10.6. The van der Waals surface area contributed by atoms with E-state index in [0.717, 1.165) is 17.8 Å². The van der Waals surface area contributed by atoms with Gasteiger partial charge in [0.15, 0.2) is 0 Å². The predicted molar refractivity (Wildman–Crippen MR) is 90.2 cm³/mol. The summed E-state index contributed by atoms with van der Waals surface area (Å²) in [6, 6.07) is 3.58. The van der Waals surface area contributed by atoms with Crippen molar-refractivity contribution in [3.8, 4) is 0 Å². The van der Waals surface area contributed by atoms with Gasteiger partial charge in [0.05, 0.1) is 10.6 Å². The van der Waals surface area contributed by atoms with Crippen molar-refractivity contribution in [3.63, 3.8) is 0 Å². The Balaban J connectivity index is 1.33. The molecule has 0 unspecified atom stereocenters. The Labute approximate surface area is 139 Å². The van der Waals surface area contributed by atoms with E-state index in [-0.39, 0.29) is 11.8 Å². The Kier molecular flexibility index (Phi) is 3.81. The number of hydrogen-bond donors (Lipinski definition) is 1. The normalized spacial score (nSPS) is 35.5. The van der Waals surface area contributed by atoms with Crippen LogP contribution in [0.3, 0.4) is 0 Å². The summed E-state index contributed by atoms with van der Waals surface area (Å²) in [6.07, 6.45) is 8.12. The van der Waals surface area contributed by atoms with Crippen LogP contribution in [-0.4, -0.2) is 22.3 Å². The van der Waals surface area contributed by atoms with Crippen LogP contribution in [0, 0.1) is 17.8 Å². The van der Waals surface area contributed by atoms with E-state index in [1.54, 1.807) is 6.07 Å². The molecule has 0 spiro atoms. The second kappa shape index (κ2) is 5.68. The minimum absolute atomic E-state index is 0.140. The Morgan fingerprint density at radius 3 is 2.36 bits per heavy atom. The SMILES string of the molecule is O=C(CSC12CC3CC(CC(C3)C1)C2)NC(=O)c1cccs1. The van der Waals surface area contributed by atoms with E-state index in [1.807, 2.05) is 23.2 Å². The largest absolute Gasteiger partial charge is 0.291 e. The molecular formula is C17H21NO2S2. The zero-order chi connectivity index (χ0) is 15.2. The third kappa shape index (κ3) is 2.85. The van der Waals surface area contributed by atoms with Crippen molar-refractivity contribution < 1.29 is 9.59 Å². The van der Waals surface area contributed by atoms with Gasteiger partial charge in [0.1, 0.15) is 0 Å². The van der Waals surface area contributed by atoms with Crippen molar-refractivity contribution >= 4 is 34.9 Å². The van der Waals surface area contributed by atoms with Gasteiger partial charge in [-0.05, 0) is 67.7 Å². The lowest BCUT2D eigenvalue weighted by Crippen LogP contribution is -2.49. The minimum atomic E-state index is -0.258.